The van der Waals surface area contributed by atoms with Gasteiger partial charge in [0, 0.05) is 7.11 Å². The highest BCUT2D eigenvalue weighted by Crippen LogP contribution is 2.17. The van der Waals surface area contributed by atoms with E-state index in [-0.39, 0.29) is 0 Å². The zero-order valence-corrected chi connectivity index (χ0v) is 13.2. The Morgan fingerprint density at radius 2 is 1.86 bits per heavy atom. The fourth-order valence-electron chi connectivity index (χ4n) is 2.30. The number of benzene rings is 1. The Morgan fingerprint density at radius 1 is 1.18 bits per heavy atom. The molecule has 0 radical (unpaired) electrons. The number of carbonyl (C=O) groups is 2. The van der Waals surface area contributed by atoms with Crippen LogP contribution in [0.25, 0.3) is 0 Å². The first kappa shape index (κ1) is 18.2. The molecule has 0 saturated heterocycles. The normalized spacial score (nSPS) is 13.4. The van der Waals surface area contributed by atoms with Crippen LogP contribution in [-0.4, -0.2) is 30.1 Å². The van der Waals surface area contributed by atoms with Crippen molar-refractivity contribution in [1.82, 2.24) is 5.32 Å². The van der Waals surface area contributed by atoms with Crippen molar-refractivity contribution in [2.45, 2.75) is 51.2 Å². The van der Waals surface area contributed by atoms with E-state index in [2.05, 4.69) is 12.2 Å². The molecule has 122 valence electrons. The summed E-state index contributed by atoms with van der Waals surface area (Å²) in [5.74, 6) is -1.43. The number of amides is 1. The number of carboxylic acids is 1. The molecule has 0 bridgehead atoms. The Hall–Kier alpha value is -1.88. The van der Waals surface area contributed by atoms with Crippen LogP contribution in [0.1, 0.15) is 50.7 Å². The Bertz CT molecular complexity index is 461. The zero-order chi connectivity index (χ0) is 16.4. The molecule has 0 aliphatic heterocycles. The third kappa shape index (κ3) is 5.85. The van der Waals surface area contributed by atoms with Gasteiger partial charge in [0.05, 0.1) is 0 Å². The Morgan fingerprint density at radius 3 is 2.41 bits per heavy atom. The molecule has 0 aliphatic rings. The fraction of sp³-hybridized carbons (Fsp3) is 0.529. The van der Waals surface area contributed by atoms with Crippen LogP contribution in [0, 0.1) is 0 Å². The van der Waals surface area contributed by atoms with E-state index >= 15 is 0 Å². The van der Waals surface area contributed by atoms with Gasteiger partial charge in [0.25, 0.3) is 5.91 Å². The summed E-state index contributed by atoms with van der Waals surface area (Å²) < 4.78 is 5.22. The number of aliphatic carboxylic acids is 1. The van der Waals surface area contributed by atoms with Crippen LogP contribution in [0.4, 0.5) is 0 Å². The molecule has 2 N–H and O–H groups in total. The summed E-state index contributed by atoms with van der Waals surface area (Å²) in [7, 11) is 1.44. The van der Waals surface area contributed by atoms with Crippen molar-refractivity contribution < 1.29 is 19.4 Å². The molecular weight excluding hydrogens is 282 g/mol. The van der Waals surface area contributed by atoms with Crippen LogP contribution in [0.5, 0.6) is 0 Å². The predicted octanol–water partition coefficient (Wildman–Crippen LogP) is 2.91. The quantitative estimate of drug-likeness (QED) is 0.652. The molecule has 5 heteroatoms. The highest BCUT2D eigenvalue weighted by molar-refractivity contribution is 5.87. The van der Waals surface area contributed by atoms with Crippen molar-refractivity contribution in [1.29, 1.82) is 0 Å². The SMILES string of the molecule is CCCCCC[C@H](NC(=O)[C@H](OC)c1ccccc1)C(=O)O. The average molecular weight is 307 g/mol. The van der Waals surface area contributed by atoms with Crippen LogP contribution < -0.4 is 5.32 Å². The van der Waals surface area contributed by atoms with Crippen LogP contribution in [-0.2, 0) is 14.3 Å². The molecule has 0 spiro atoms. The molecule has 5 nitrogen and oxygen atoms in total. The molecule has 0 fully saturated rings. The summed E-state index contributed by atoms with van der Waals surface area (Å²) in [6.45, 7) is 2.10. The van der Waals surface area contributed by atoms with Gasteiger partial charge in [-0.2, -0.15) is 0 Å². The summed E-state index contributed by atoms with van der Waals surface area (Å²) in [6.07, 6.45) is 3.57. The van der Waals surface area contributed by atoms with Crippen LogP contribution in [0.15, 0.2) is 30.3 Å². The molecule has 0 saturated carbocycles. The first-order chi connectivity index (χ1) is 10.6. The molecule has 22 heavy (non-hydrogen) atoms. The number of methoxy groups -OCH3 is 1. The molecule has 1 amide bonds. The van der Waals surface area contributed by atoms with Crippen molar-refractivity contribution >= 4 is 11.9 Å². The number of ether oxygens (including phenoxy) is 1. The molecule has 1 aromatic rings. The van der Waals surface area contributed by atoms with E-state index in [1.807, 2.05) is 18.2 Å². The topological polar surface area (TPSA) is 75.6 Å². The van der Waals surface area contributed by atoms with Gasteiger partial charge in [0.15, 0.2) is 6.10 Å². The third-order valence-corrected chi connectivity index (χ3v) is 3.54. The smallest absolute Gasteiger partial charge is 0.326 e. The first-order valence-electron chi connectivity index (χ1n) is 7.71. The van der Waals surface area contributed by atoms with E-state index in [4.69, 9.17) is 4.74 Å². The number of unbranched alkanes of at least 4 members (excludes halogenated alkanes) is 3. The van der Waals surface area contributed by atoms with E-state index < -0.39 is 24.0 Å². The van der Waals surface area contributed by atoms with Crippen LogP contribution in [0.2, 0.25) is 0 Å². The molecule has 0 unspecified atom stereocenters. The van der Waals surface area contributed by atoms with Gasteiger partial charge in [-0.1, -0.05) is 62.9 Å². The van der Waals surface area contributed by atoms with Crippen molar-refractivity contribution in [2.24, 2.45) is 0 Å². The summed E-state index contributed by atoms with van der Waals surface area (Å²) >= 11 is 0. The van der Waals surface area contributed by atoms with Gasteiger partial charge in [0.2, 0.25) is 0 Å². The minimum absolute atomic E-state index is 0.420. The lowest BCUT2D eigenvalue weighted by Crippen LogP contribution is -2.43. The lowest BCUT2D eigenvalue weighted by Gasteiger charge is -2.19. The maximum atomic E-state index is 12.3. The lowest BCUT2D eigenvalue weighted by atomic mass is 10.1. The molecule has 0 heterocycles. The number of hydrogen-bond acceptors (Lipinski definition) is 3. The minimum Gasteiger partial charge on any atom is -0.480 e. The predicted molar refractivity (Wildman–Crippen MR) is 84.5 cm³/mol. The molecule has 2 atom stereocenters. The van der Waals surface area contributed by atoms with Gasteiger partial charge in [-0.3, -0.25) is 4.79 Å². The third-order valence-electron chi connectivity index (χ3n) is 3.54. The largest absolute Gasteiger partial charge is 0.480 e. The van der Waals surface area contributed by atoms with Gasteiger partial charge in [0.1, 0.15) is 6.04 Å². The van der Waals surface area contributed by atoms with Gasteiger partial charge in [-0.05, 0) is 12.0 Å². The number of hydrogen-bond donors (Lipinski definition) is 2. The van der Waals surface area contributed by atoms with Crippen molar-refractivity contribution in [3.05, 3.63) is 35.9 Å². The van der Waals surface area contributed by atoms with E-state index in [0.29, 0.717) is 12.0 Å². The monoisotopic (exact) mass is 307 g/mol. The fourth-order valence-corrected chi connectivity index (χ4v) is 2.30. The molecular formula is C17H25NO4. The maximum Gasteiger partial charge on any atom is 0.326 e. The zero-order valence-electron chi connectivity index (χ0n) is 13.2. The van der Waals surface area contributed by atoms with E-state index in [0.717, 1.165) is 25.7 Å². The summed E-state index contributed by atoms with van der Waals surface area (Å²) in [5, 5.41) is 11.8. The average Bonchev–Trinajstić information content (AvgIpc) is 2.52. The van der Waals surface area contributed by atoms with Gasteiger partial charge >= 0.3 is 5.97 Å². The second-order valence-corrected chi connectivity index (χ2v) is 5.28. The van der Waals surface area contributed by atoms with Gasteiger partial charge in [-0.25, -0.2) is 4.79 Å². The molecule has 0 aliphatic carbocycles. The number of carboxylic acid groups (broad SMARTS) is 1. The summed E-state index contributed by atoms with van der Waals surface area (Å²) in [4.78, 5) is 23.6. The van der Waals surface area contributed by atoms with E-state index in [1.54, 1.807) is 12.1 Å². The second kappa shape index (κ2) is 9.95. The van der Waals surface area contributed by atoms with E-state index in [1.165, 1.54) is 7.11 Å². The number of rotatable bonds is 10. The van der Waals surface area contributed by atoms with Gasteiger partial charge in [-0.15, -0.1) is 0 Å². The lowest BCUT2D eigenvalue weighted by molar-refractivity contribution is -0.144. The summed E-state index contributed by atoms with van der Waals surface area (Å²) in [5.41, 5.74) is 0.706. The van der Waals surface area contributed by atoms with Crippen molar-refractivity contribution in [3.63, 3.8) is 0 Å². The highest BCUT2D eigenvalue weighted by Gasteiger charge is 2.25. The second-order valence-electron chi connectivity index (χ2n) is 5.28. The molecule has 1 aromatic carbocycles. The van der Waals surface area contributed by atoms with Crippen LogP contribution in [0.3, 0.4) is 0 Å². The van der Waals surface area contributed by atoms with Crippen molar-refractivity contribution in [2.75, 3.05) is 7.11 Å². The minimum atomic E-state index is -1.01. The highest BCUT2D eigenvalue weighted by atomic mass is 16.5. The van der Waals surface area contributed by atoms with Crippen molar-refractivity contribution in [3.8, 4) is 0 Å². The maximum absolute atomic E-state index is 12.3. The Kier molecular flexibility index (Phi) is 8.22. The number of carbonyl (C=O) groups excluding carboxylic acids is 1. The van der Waals surface area contributed by atoms with Gasteiger partial charge < -0.3 is 15.2 Å². The van der Waals surface area contributed by atoms with Crippen LogP contribution >= 0.6 is 0 Å². The Labute approximate surface area is 131 Å². The standard InChI is InChI=1S/C17H25NO4/c1-3-4-5-9-12-14(17(20)21)18-16(19)15(22-2)13-10-7-6-8-11-13/h6-8,10-11,14-15H,3-5,9,12H2,1-2H3,(H,18,19)(H,20,21)/t14-,15+/m0/s1. The van der Waals surface area contributed by atoms with E-state index in [9.17, 15) is 14.7 Å². The first-order valence-corrected chi connectivity index (χ1v) is 7.71. The molecule has 0 aromatic heterocycles. The molecule has 1 rings (SSSR count). The Balaban J connectivity index is 2.63. The number of nitrogens with one attached hydrogen (secondary N) is 1. The summed E-state index contributed by atoms with van der Waals surface area (Å²) in [6, 6.07) is 8.17.